The van der Waals surface area contributed by atoms with Gasteiger partial charge in [0.2, 0.25) is 0 Å². The van der Waals surface area contributed by atoms with Crippen LogP contribution in [0.2, 0.25) is 10.0 Å². The Kier molecular flexibility index (Phi) is 5.30. The van der Waals surface area contributed by atoms with E-state index in [1.807, 2.05) is 24.3 Å². The summed E-state index contributed by atoms with van der Waals surface area (Å²) in [5, 5.41) is 14.1. The summed E-state index contributed by atoms with van der Waals surface area (Å²) in [5.41, 5.74) is 2.17. The van der Waals surface area contributed by atoms with E-state index in [0.717, 1.165) is 24.1 Å². The Morgan fingerprint density at radius 2 is 1.80 bits per heavy atom. The lowest BCUT2D eigenvalue weighted by Gasteiger charge is -2.19. The maximum Gasteiger partial charge on any atom is 0.115 e. The highest BCUT2D eigenvalue weighted by Crippen LogP contribution is 2.28. The third-order valence-corrected chi connectivity index (χ3v) is 3.80. The van der Waals surface area contributed by atoms with Crippen molar-refractivity contribution in [3.8, 4) is 5.75 Å². The van der Waals surface area contributed by atoms with Crippen LogP contribution in [0, 0.1) is 0 Å². The highest BCUT2D eigenvalue weighted by atomic mass is 35.5. The van der Waals surface area contributed by atoms with Gasteiger partial charge in [0.15, 0.2) is 0 Å². The average molecular weight is 310 g/mol. The number of aromatic hydroxyl groups is 1. The molecule has 0 aliphatic carbocycles. The Hall–Kier alpha value is -1.22. The molecule has 0 fully saturated rings. The molecule has 0 heterocycles. The lowest BCUT2D eigenvalue weighted by Crippen LogP contribution is -2.20. The fourth-order valence-electron chi connectivity index (χ4n) is 2.11. The summed E-state index contributed by atoms with van der Waals surface area (Å²) in [7, 11) is 0. The summed E-state index contributed by atoms with van der Waals surface area (Å²) in [6.07, 6.45) is 0.930. The van der Waals surface area contributed by atoms with Gasteiger partial charge in [0.25, 0.3) is 0 Å². The number of phenolic OH excluding ortho intramolecular Hbond substituents is 1. The molecule has 1 atom stereocenters. The van der Waals surface area contributed by atoms with E-state index in [1.54, 1.807) is 18.2 Å². The van der Waals surface area contributed by atoms with E-state index in [4.69, 9.17) is 23.2 Å². The Bertz CT molecular complexity index is 569. The summed E-state index contributed by atoms with van der Waals surface area (Å²) in [6.45, 7) is 2.83. The molecule has 2 aromatic carbocycles. The fourth-order valence-corrected chi connectivity index (χ4v) is 2.65. The van der Waals surface area contributed by atoms with Crippen molar-refractivity contribution >= 4 is 23.2 Å². The van der Waals surface area contributed by atoms with Gasteiger partial charge in [-0.3, -0.25) is 0 Å². The van der Waals surface area contributed by atoms with Gasteiger partial charge in [0.1, 0.15) is 5.75 Å². The number of rotatable bonds is 5. The van der Waals surface area contributed by atoms with Crippen LogP contribution in [0.3, 0.4) is 0 Å². The maximum atomic E-state index is 9.27. The van der Waals surface area contributed by atoms with Crippen molar-refractivity contribution < 1.29 is 5.11 Å². The summed E-state index contributed by atoms with van der Waals surface area (Å²) in [6, 6.07) is 12.9. The fraction of sp³-hybridized carbons (Fsp3) is 0.250. The van der Waals surface area contributed by atoms with E-state index in [1.165, 1.54) is 0 Å². The van der Waals surface area contributed by atoms with Crippen molar-refractivity contribution in [2.45, 2.75) is 25.9 Å². The van der Waals surface area contributed by atoms with Crippen LogP contribution in [0.25, 0.3) is 0 Å². The quantitative estimate of drug-likeness (QED) is 0.820. The molecule has 2 aromatic rings. The molecule has 2 N–H and O–H groups in total. The third kappa shape index (κ3) is 3.89. The molecule has 2 rings (SSSR count). The van der Waals surface area contributed by atoms with Crippen LogP contribution >= 0.6 is 23.2 Å². The topological polar surface area (TPSA) is 32.3 Å². The van der Waals surface area contributed by atoms with Crippen molar-refractivity contribution in [1.82, 2.24) is 5.32 Å². The Labute approximate surface area is 129 Å². The molecular formula is C16H17Cl2NO. The lowest BCUT2D eigenvalue weighted by molar-refractivity contribution is 0.474. The van der Waals surface area contributed by atoms with Crippen molar-refractivity contribution in [3.63, 3.8) is 0 Å². The van der Waals surface area contributed by atoms with E-state index >= 15 is 0 Å². The van der Waals surface area contributed by atoms with Crippen molar-refractivity contribution in [2.75, 3.05) is 0 Å². The number of benzene rings is 2. The van der Waals surface area contributed by atoms with Crippen LogP contribution in [-0.4, -0.2) is 5.11 Å². The van der Waals surface area contributed by atoms with Gasteiger partial charge in [-0.2, -0.15) is 0 Å². The first kappa shape index (κ1) is 15.2. The molecule has 4 heteroatoms. The largest absolute Gasteiger partial charge is 0.508 e. The Morgan fingerprint density at radius 3 is 2.40 bits per heavy atom. The predicted octanol–water partition coefficient (Wildman–Crippen LogP) is 4.94. The first-order chi connectivity index (χ1) is 9.60. The summed E-state index contributed by atoms with van der Waals surface area (Å²) < 4.78 is 0. The molecule has 0 radical (unpaired) electrons. The van der Waals surface area contributed by atoms with Crippen LogP contribution < -0.4 is 5.32 Å². The minimum Gasteiger partial charge on any atom is -0.508 e. The van der Waals surface area contributed by atoms with E-state index < -0.39 is 0 Å². The van der Waals surface area contributed by atoms with Gasteiger partial charge in [-0.1, -0.05) is 48.3 Å². The van der Waals surface area contributed by atoms with Crippen molar-refractivity contribution in [3.05, 3.63) is 63.6 Å². The summed E-state index contributed by atoms with van der Waals surface area (Å²) >= 11 is 12.2. The predicted molar refractivity (Wildman–Crippen MR) is 84.4 cm³/mol. The van der Waals surface area contributed by atoms with E-state index in [-0.39, 0.29) is 11.8 Å². The maximum absolute atomic E-state index is 9.27. The zero-order valence-electron chi connectivity index (χ0n) is 11.2. The number of hydrogen-bond donors (Lipinski definition) is 2. The van der Waals surface area contributed by atoms with Gasteiger partial charge in [0.05, 0.1) is 0 Å². The molecular weight excluding hydrogens is 293 g/mol. The monoisotopic (exact) mass is 309 g/mol. The molecule has 0 saturated heterocycles. The first-order valence-corrected chi connectivity index (χ1v) is 7.32. The van der Waals surface area contributed by atoms with Crippen LogP contribution in [0.5, 0.6) is 5.75 Å². The second kappa shape index (κ2) is 6.98. The SMILES string of the molecule is CCC(NCc1ccc(O)cc1)c1ccc(Cl)cc1Cl. The van der Waals surface area contributed by atoms with Crippen molar-refractivity contribution in [2.24, 2.45) is 0 Å². The van der Waals surface area contributed by atoms with Gasteiger partial charge >= 0.3 is 0 Å². The Morgan fingerprint density at radius 1 is 1.10 bits per heavy atom. The second-order valence-corrected chi connectivity index (χ2v) is 5.52. The van der Waals surface area contributed by atoms with Crippen LogP contribution in [0.1, 0.15) is 30.5 Å². The molecule has 1 unspecified atom stereocenters. The third-order valence-electron chi connectivity index (χ3n) is 3.24. The molecule has 2 nitrogen and oxygen atoms in total. The highest BCUT2D eigenvalue weighted by Gasteiger charge is 2.12. The van der Waals surface area contributed by atoms with Gasteiger partial charge in [-0.05, 0) is 41.8 Å². The average Bonchev–Trinajstić information content (AvgIpc) is 2.43. The molecule has 0 spiro atoms. The lowest BCUT2D eigenvalue weighted by atomic mass is 10.0. The molecule has 20 heavy (non-hydrogen) atoms. The minimum absolute atomic E-state index is 0.175. The van der Waals surface area contributed by atoms with Gasteiger partial charge in [-0.25, -0.2) is 0 Å². The molecule has 0 amide bonds. The number of halogens is 2. The molecule has 0 bridgehead atoms. The molecule has 0 aliphatic heterocycles. The molecule has 0 aromatic heterocycles. The first-order valence-electron chi connectivity index (χ1n) is 6.56. The van der Waals surface area contributed by atoms with E-state index in [0.29, 0.717) is 10.0 Å². The van der Waals surface area contributed by atoms with E-state index in [9.17, 15) is 5.11 Å². The Balaban J connectivity index is 2.07. The number of phenols is 1. The summed E-state index contributed by atoms with van der Waals surface area (Å²) in [5.74, 6) is 0.279. The van der Waals surface area contributed by atoms with Gasteiger partial charge in [0, 0.05) is 22.6 Å². The second-order valence-electron chi connectivity index (χ2n) is 4.67. The van der Waals surface area contributed by atoms with Crippen molar-refractivity contribution in [1.29, 1.82) is 0 Å². The molecule has 106 valence electrons. The van der Waals surface area contributed by atoms with Crippen LogP contribution in [0.15, 0.2) is 42.5 Å². The van der Waals surface area contributed by atoms with Crippen LogP contribution in [-0.2, 0) is 6.54 Å². The summed E-state index contributed by atoms with van der Waals surface area (Å²) in [4.78, 5) is 0. The highest BCUT2D eigenvalue weighted by molar-refractivity contribution is 6.35. The zero-order valence-corrected chi connectivity index (χ0v) is 12.7. The minimum atomic E-state index is 0.175. The molecule has 0 aliphatic rings. The van der Waals surface area contributed by atoms with Gasteiger partial charge in [-0.15, -0.1) is 0 Å². The van der Waals surface area contributed by atoms with E-state index in [2.05, 4.69) is 12.2 Å². The molecule has 0 saturated carbocycles. The number of nitrogens with one attached hydrogen (secondary N) is 1. The van der Waals surface area contributed by atoms with Crippen LogP contribution in [0.4, 0.5) is 0 Å². The zero-order chi connectivity index (χ0) is 14.5. The standard InChI is InChI=1S/C16H17Cl2NO/c1-2-16(14-8-5-12(17)9-15(14)18)19-10-11-3-6-13(20)7-4-11/h3-9,16,19-20H,2,10H2,1H3. The normalized spacial score (nSPS) is 12.3. The smallest absolute Gasteiger partial charge is 0.115 e. The van der Waals surface area contributed by atoms with Gasteiger partial charge < -0.3 is 10.4 Å². The number of hydrogen-bond acceptors (Lipinski definition) is 2.